The number of carbonyl (C=O) groups excluding carboxylic acids is 1. The highest BCUT2D eigenvalue weighted by Crippen LogP contribution is 2.18. The molecular formula is C37H46N6O10S. The summed E-state index contributed by atoms with van der Waals surface area (Å²) in [4.78, 5) is 57.2. The number of carboxylic acid groups (broad SMARTS) is 3. The first-order valence-corrected chi connectivity index (χ1v) is 17.7. The van der Waals surface area contributed by atoms with Gasteiger partial charge in [-0.3, -0.25) is 34.1 Å². The van der Waals surface area contributed by atoms with Gasteiger partial charge >= 0.3 is 24.1 Å². The lowest BCUT2D eigenvalue weighted by Crippen LogP contribution is -2.50. The van der Waals surface area contributed by atoms with Crippen molar-refractivity contribution in [3.8, 4) is 5.75 Å². The molecule has 1 atom stereocenters. The van der Waals surface area contributed by atoms with Crippen molar-refractivity contribution in [2.24, 2.45) is 0 Å². The number of aromatic nitrogens is 1. The Morgan fingerprint density at radius 2 is 1.46 bits per heavy atom. The van der Waals surface area contributed by atoms with Crippen LogP contribution in [0.3, 0.4) is 0 Å². The number of pyridine rings is 1. The van der Waals surface area contributed by atoms with Gasteiger partial charge in [-0.25, -0.2) is 4.79 Å². The third-order valence-electron chi connectivity index (χ3n) is 8.27. The number of aliphatic carboxylic acids is 3. The predicted molar refractivity (Wildman–Crippen MR) is 201 cm³/mol. The van der Waals surface area contributed by atoms with Crippen LogP contribution in [0.5, 0.6) is 5.75 Å². The second-order valence-electron chi connectivity index (χ2n) is 12.7. The van der Waals surface area contributed by atoms with E-state index in [2.05, 4.69) is 10.6 Å². The van der Waals surface area contributed by atoms with E-state index >= 15 is 0 Å². The first-order valence-electron chi connectivity index (χ1n) is 17.3. The molecule has 5 N–H and O–H groups in total. The summed E-state index contributed by atoms with van der Waals surface area (Å²) in [5, 5.41) is 35.6. The zero-order valence-corrected chi connectivity index (χ0v) is 30.8. The molecule has 1 aliphatic heterocycles. The van der Waals surface area contributed by atoms with Crippen LogP contribution in [-0.4, -0.2) is 136 Å². The van der Waals surface area contributed by atoms with E-state index in [1.165, 1.54) is 0 Å². The van der Waals surface area contributed by atoms with E-state index in [0.717, 1.165) is 11.1 Å². The SMILES string of the molecule is Cc1ccc(OC(=O)OCCOCCNC(=S)Nc2ccc(CC3CN(CC(=O)O)CCN(CC(=O)O)Cc4cccc(n4)CN3CC(=O)O)cc2)cc1. The fourth-order valence-corrected chi connectivity index (χ4v) is 6.00. The molecule has 0 spiro atoms. The molecule has 2 aromatic carbocycles. The lowest BCUT2D eigenvalue weighted by Gasteiger charge is -2.36. The first kappa shape index (κ1) is 41.6. The number of fused-ring (bicyclic) bond motifs is 2. The number of ether oxygens (including phenoxy) is 3. The van der Waals surface area contributed by atoms with Gasteiger partial charge in [-0.1, -0.05) is 35.9 Å². The quantitative estimate of drug-likeness (QED) is 0.0616. The molecule has 0 saturated carbocycles. The zero-order valence-electron chi connectivity index (χ0n) is 30.0. The van der Waals surface area contributed by atoms with Gasteiger partial charge in [0, 0.05) is 51.0 Å². The first-order chi connectivity index (χ1) is 25.9. The zero-order chi connectivity index (χ0) is 38.9. The van der Waals surface area contributed by atoms with E-state index in [9.17, 15) is 34.5 Å². The van der Waals surface area contributed by atoms with Gasteiger partial charge < -0.3 is 40.2 Å². The number of nitrogens with one attached hydrogen (secondary N) is 2. The number of hydrogen-bond donors (Lipinski definition) is 5. The molecule has 4 rings (SSSR count). The fraction of sp³-hybridized carbons (Fsp3) is 0.405. The van der Waals surface area contributed by atoms with Crippen molar-refractivity contribution in [2.45, 2.75) is 32.5 Å². The number of benzene rings is 2. The molecule has 17 heteroatoms. The van der Waals surface area contributed by atoms with Crippen molar-refractivity contribution >= 4 is 47.1 Å². The Morgan fingerprint density at radius 3 is 2.15 bits per heavy atom. The maximum Gasteiger partial charge on any atom is 0.513 e. The van der Waals surface area contributed by atoms with Gasteiger partial charge in [-0.2, -0.15) is 0 Å². The van der Waals surface area contributed by atoms with Crippen LogP contribution in [-0.2, 0) is 43.4 Å². The van der Waals surface area contributed by atoms with Crippen molar-refractivity contribution in [2.75, 3.05) is 71.0 Å². The third-order valence-corrected chi connectivity index (χ3v) is 8.52. The van der Waals surface area contributed by atoms with Crippen molar-refractivity contribution in [1.29, 1.82) is 0 Å². The summed E-state index contributed by atoms with van der Waals surface area (Å²) in [6.45, 7) is 3.22. The molecule has 2 heterocycles. The molecule has 1 unspecified atom stereocenters. The van der Waals surface area contributed by atoms with Crippen LogP contribution in [0.25, 0.3) is 0 Å². The topological polar surface area (TPSA) is 203 Å². The van der Waals surface area contributed by atoms with Gasteiger partial charge in [0.1, 0.15) is 12.4 Å². The van der Waals surface area contributed by atoms with Crippen LogP contribution in [0.2, 0.25) is 0 Å². The molecule has 0 aliphatic carbocycles. The maximum atomic E-state index is 12.1. The van der Waals surface area contributed by atoms with Crippen molar-refractivity contribution in [3.05, 3.63) is 89.2 Å². The monoisotopic (exact) mass is 766 g/mol. The number of hydrogen-bond acceptors (Lipinski definition) is 12. The van der Waals surface area contributed by atoms with Crippen LogP contribution in [0.1, 0.15) is 22.5 Å². The second-order valence-corrected chi connectivity index (χ2v) is 13.1. The number of carboxylic acids is 3. The molecule has 3 aromatic rings. The Morgan fingerprint density at radius 1 is 0.815 bits per heavy atom. The van der Waals surface area contributed by atoms with E-state index in [1.54, 1.807) is 39.0 Å². The van der Waals surface area contributed by atoms with E-state index in [0.29, 0.717) is 47.5 Å². The molecule has 16 nitrogen and oxygen atoms in total. The molecule has 54 heavy (non-hydrogen) atoms. The summed E-state index contributed by atoms with van der Waals surface area (Å²) in [5.74, 6) is -2.68. The molecule has 0 saturated heterocycles. The maximum absolute atomic E-state index is 12.1. The molecule has 1 aliphatic rings. The minimum absolute atomic E-state index is 0.0295. The van der Waals surface area contributed by atoms with E-state index in [4.69, 9.17) is 31.4 Å². The highest BCUT2D eigenvalue weighted by molar-refractivity contribution is 7.80. The number of aryl methyl sites for hydroxylation is 1. The lowest BCUT2D eigenvalue weighted by atomic mass is 10.0. The summed E-state index contributed by atoms with van der Waals surface area (Å²) < 4.78 is 15.6. The van der Waals surface area contributed by atoms with E-state index < -0.39 is 30.1 Å². The minimum Gasteiger partial charge on any atom is -0.480 e. The van der Waals surface area contributed by atoms with Crippen molar-refractivity contribution < 1.29 is 48.7 Å². The molecule has 0 fully saturated rings. The highest BCUT2D eigenvalue weighted by atomic mass is 32.1. The van der Waals surface area contributed by atoms with Gasteiger partial charge in [0.15, 0.2) is 5.11 Å². The molecule has 0 amide bonds. The Balaban J connectivity index is 1.31. The summed E-state index contributed by atoms with van der Waals surface area (Å²) in [6.07, 6.45) is -0.412. The largest absolute Gasteiger partial charge is 0.513 e. The molecule has 1 aromatic heterocycles. The van der Waals surface area contributed by atoms with Crippen LogP contribution in [0.4, 0.5) is 10.5 Å². The van der Waals surface area contributed by atoms with Crippen molar-refractivity contribution in [1.82, 2.24) is 25.0 Å². The molecular weight excluding hydrogens is 721 g/mol. The average molecular weight is 767 g/mol. The van der Waals surface area contributed by atoms with E-state index in [-0.39, 0.29) is 65.6 Å². The highest BCUT2D eigenvalue weighted by Gasteiger charge is 2.27. The lowest BCUT2D eigenvalue weighted by molar-refractivity contribution is -0.141. The van der Waals surface area contributed by atoms with Gasteiger partial charge in [0.2, 0.25) is 0 Å². The Hall–Kier alpha value is -5.20. The fourth-order valence-electron chi connectivity index (χ4n) is 5.78. The Bertz CT molecular complexity index is 1710. The summed E-state index contributed by atoms with van der Waals surface area (Å²) >= 11 is 5.41. The minimum atomic E-state index is -1.04. The van der Waals surface area contributed by atoms with Crippen molar-refractivity contribution in [3.63, 3.8) is 0 Å². The number of nitrogens with zero attached hydrogens (tertiary/aromatic N) is 4. The Kier molecular flexibility index (Phi) is 16.5. The predicted octanol–water partition coefficient (Wildman–Crippen LogP) is 2.69. The van der Waals surface area contributed by atoms with E-state index in [1.807, 2.05) is 49.4 Å². The van der Waals surface area contributed by atoms with Gasteiger partial charge in [0.05, 0.1) is 44.2 Å². The third kappa shape index (κ3) is 15.4. The molecule has 0 radical (unpaired) electrons. The van der Waals surface area contributed by atoms with Crippen LogP contribution >= 0.6 is 12.2 Å². The second kappa shape index (κ2) is 21.5. The van der Waals surface area contributed by atoms with Gasteiger partial charge in [-0.05, 0) is 67.5 Å². The number of anilines is 1. The molecule has 290 valence electrons. The Labute approximate surface area is 318 Å². The molecule has 2 bridgehead atoms. The summed E-state index contributed by atoms with van der Waals surface area (Å²) in [6, 6.07) is 19.5. The number of carbonyl (C=O) groups is 4. The normalized spacial score (nSPS) is 15.6. The summed E-state index contributed by atoms with van der Waals surface area (Å²) in [5.41, 5.74) is 3.90. The smallest absolute Gasteiger partial charge is 0.480 e. The average Bonchev–Trinajstić information content (AvgIpc) is 3.10. The van der Waals surface area contributed by atoms with Crippen LogP contribution in [0.15, 0.2) is 66.7 Å². The van der Waals surface area contributed by atoms with Gasteiger partial charge in [0.25, 0.3) is 0 Å². The number of rotatable bonds is 16. The standard InChI is InChI=1S/C37H46N6O10S/c1-26-5-11-32(12-6-26)53-37(50)52-18-17-51-16-13-38-36(54)40-28-9-7-27(8-10-28)19-31-22-42(24-34(46)47)15-14-41(23-33(44)45)20-29-3-2-4-30(39-29)21-43(31)25-35(48)49/h2-12,31H,13-25H2,1H3,(H,44,45)(H,46,47)(H,48,49)(H2,38,40,54). The number of thiocarbonyl (C=S) groups is 1. The van der Waals surface area contributed by atoms with Gasteiger partial charge in [-0.15, -0.1) is 0 Å². The van der Waals surface area contributed by atoms with Crippen LogP contribution < -0.4 is 15.4 Å². The van der Waals surface area contributed by atoms with Crippen LogP contribution in [0, 0.1) is 6.92 Å². The summed E-state index contributed by atoms with van der Waals surface area (Å²) in [7, 11) is 0.